The van der Waals surface area contributed by atoms with E-state index in [9.17, 15) is 37.5 Å². The average molecular weight is 801 g/mol. The lowest BCUT2D eigenvalue weighted by molar-refractivity contribution is -0.143. The van der Waals surface area contributed by atoms with E-state index in [1.807, 2.05) is 0 Å². The number of amides is 4. The van der Waals surface area contributed by atoms with E-state index in [2.05, 4.69) is 25.3 Å². The Balaban J connectivity index is 1.33. The number of nitrogens with two attached hydrogens (primary N) is 1. The first-order chi connectivity index (χ1) is 26.1. The Morgan fingerprint density at radius 1 is 1.07 bits per heavy atom. The van der Waals surface area contributed by atoms with Gasteiger partial charge in [0.25, 0.3) is 17.7 Å². The highest BCUT2D eigenvalue weighted by molar-refractivity contribution is 7.99. The summed E-state index contributed by atoms with van der Waals surface area (Å²) in [4.78, 5) is 73.8. The van der Waals surface area contributed by atoms with E-state index in [1.165, 1.54) is 40.0 Å². The molecule has 19 heteroatoms. The summed E-state index contributed by atoms with van der Waals surface area (Å²) in [5.74, 6) is -3.12. The minimum absolute atomic E-state index is 0.0151. The Labute approximate surface area is 323 Å². The van der Waals surface area contributed by atoms with Gasteiger partial charge in [0.2, 0.25) is 21.7 Å². The predicted molar refractivity (Wildman–Crippen MR) is 200 cm³/mol. The van der Waals surface area contributed by atoms with Crippen molar-refractivity contribution in [2.75, 3.05) is 31.3 Å². The molecule has 0 spiro atoms. The van der Waals surface area contributed by atoms with E-state index in [0.29, 0.717) is 17.2 Å². The molecular formula is C36H48N8O9S2. The van der Waals surface area contributed by atoms with Gasteiger partial charge in [-0.1, -0.05) is 37.3 Å². The zero-order valence-electron chi connectivity index (χ0n) is 30.9. The summed E-state index contributed by atoms with van der Waals surface area (Å²) in [6, 6.07) is 3.10. The van der Waals surface area contributed by atoms with Gasteiger partial charge < -0.3 is 25.8 Å². The van der Waals surface area contributed by atoms with Gasteiger partial charge in [0.1, 0.15) is 22.9 Å². The van der Waals surface area contributed by atoms with Gasteiger partial charge in [-0.25, -0.2) is 22.8 Å². The van der Waals surface area contributed by atoms with Crippen LogP contribution in [0.25, 0.3) is 0 Å². The Hall–Kier alpha value is -4.04. The molecule has 4 aliphatic rings. The van der Waals surface area contributed by atoms with Gasteiger partial charge in [-0.2, -0.15) is 11.8 Å². The van der Waals surface area contributed by atoms with E-state index in [0.717, 1.165) is 32.1 Å². The quantitative estimate of drug-likeness (QED) is 0.164. The number of rotatable bonds is 13. The van der Waals surface area contributed by atoms with Gasteiger partial charge in [0.15, 0.2) is 0 Å². The molecule has 2 aromatic rings. The summed E-state index contributed by atoms with van der Waals surface area (Å²) in [5.41, 5.74) is 2.89. The standard InChI is InChI=1S/C36H48N8O9S2/c1-35(2,50)29-18-38-42-44(29)25-17-28(33(48)40-36(30(45)31(37)46)12-14-54-15-13-36)43(19-25)34(49)27(16-22-6-4-3-5-7-22)39-32(47)23-8-10-26(11-9-23)55(51,52)41-24-20-53-21-24/h8-11,18,22,24-25,28,41,50H,3-7,12-17,19-21H2,1-2H3,(H2,37,46)(H,40,48)/b39-27+/t25-,28-/m0/s1. The van der Waals surface area contributed by atoms with Crippen molar-refractivity contribution in [3.05, 3.63) is 41.7 Å². The first kappa shape index (κ1) is 40.6. The lowest BCUT2D eigenvalue weighted by Gasteiger charge is -2.37. The van der Waals surface area contributed by atoms with Crippen molar-refractivity contribution in [3.63, 3.8) is 0 Å². The Morgan fingerprint density at radius 3 is 2.35 bits per heavy atom. The predicted octanol–water partition coefficient (Wildman–Crippen LogP) is 1.01. The zero-order valence-corrected chi connectivity index (χ0v) is 32.6. The van der Waals surface area contributed by atoms with Crippen molar-refractivity contribution in [3.8, 4) is 0 Å². The number of aromatic nitrogens is 3. The monoisotopic (exact) mass is 800 g/mol. The molecule has 55 heavy (non-hydrogen) atoms. The van der Waals surface area contributed by atoms with Gasteiger partial charge in [-0.3, -0.25) is 24.0 Å². The highest BCUT2D eigenvalue weighted by atomic mass is 32.2. The molecule has 1 aliphatic carbocycles. The summed E-state index contributed by atoms with van der Waals surface area (Å²) in [6.07, 6.45) is 6.54. The summed E-state index contributed by atoms with van der Waals surface area (Å²) in [7, 11) is -3.86. The molecule has 0 radical (unpaired) electrons. The molecule has 1 saturated carbocycles. The van der Waals surface area contributed by atoms with Crippen LogP contribution in [0.3, 0.4) is 0 Å². The van der Waals surface area contributed by atoms with E-state index in [1.54, 1.807) is 25.6 Å². The maximum absolute atomic E-state index is 14.8. The molecule has 3 saturated heterocycles. The van der Waals surface area contributed by atoms with Crippen LogP contribution in [-0.2, 0) is 39.5 Å². The van der Waals surface area contributed by atoms with E-state index < -0.39 is 62.7 Å². The number of likely N-dealkylation sites (tertiary alicyclic amines) is 1. The molecule has 6 rings (SSSR count). The summed E-state index contributed by atoms with van der Waals surface area (Å²) in [6.45, 7) is 3.60. The summed E-state index contributed by atoms with van der Waals surface area (Å²) >= 11 is 1.58. The van der Waals surface area contributed by atoms with Crippen LogP contribution in [0.2, 0.25) is 0 Å². The van der Waals surface area contributed by atoms with Gasteiger partial charge >= 0.3 is 0 Å². The van der Waals surface area contributed by atoms with Gasteiger partial charge in [0, 0.05) is 18.5 Å². The number of aliphatic hydroxyl groups is 1. The van der Waals surface area contributed by atoms with Crippen LogP contribution in [0.15, 0.2) is 40.4 Å². The number of nitrogens with one attached hydrogen (secondary N) is 2. The second-order valence-corrected chi connectivity index (χ2v) is 18.3. The van der Waals surface area contributed by atoms with E-state index in [-0.39, 0.29) is 73.6 Å². The topological polar surface area (TPSA) is 245 Å². The molecule has 1 aromatic heterocycles. The molecule has 4 amide bonds. The van der Waals surface area contributed by atoms with Crippen molar-refractivity contribution >= 4 is 56.9 Å². The molecule has 2 atom stereocenters. The maximum Gasteiger partial charge on any atom is 0.287 e. The lowest BCUT2D eigenvalue weighted by atomic mass is 9.85. The summed E-state index contributed by atoms with van der Waals surface area (Å²) < 4.78 is 34.7. The molecule has 4 fully saturated rings. The number of aliphatic imine (C=N–C) groups is 1. The van der Waals surface area contributed by atoms with Crippen LogP contribution in [0.4, 0.5) is 0 Å². The van der Waals surface area contributed by atoms with Crippen LogP contribution in [0, 0.1) is 5.92 Å². The number of carbonyl (C=O) groups excluding carboxylic acids is 5. The number of carbonyl (C=O) groups is 5. The average Bonchev–Trinajstić information content (AvgIpc) is 3.82. The number of ether oxygens (including phenoxy) is 1. The number of ketones is 1. The second-order valence-electron chi connectivity index (χ2n) is 15.3. The SMILES string of the molecule is CC(C)(O)c1cnnn1[C@H]1C[C@@H](C(=O)NC2(C(=O)C(N)=O)CCSCC2)N(C(=O)/C(CC2CCCCC2)=N/C(=O)c2ccc(S(=O)(=O)NC3COC3)cc2)C1. The lowest BCUT2D eigenvalue weighted by Crippen LogP contribution is -2.63. The molecule has 1 aromatic carbocycles. The smallest absolute Gasteiger partial charge is 0.287 e. The molecule has 298 valence electrons. The third-order valence-corrected chi connectivity index (χ3v) is 13.3. The normalized spacial score (nSPS) is 22.5. The number of thioether (sulfide) groups is 1. The van der Waals surface area contributed by atoms with Crippen molar-refractivity contribution in [2.24, 2.45) is 16.6 Å². The molecular weight excluding hydrogens is 753 g/mol. The van der Waals surface area contributed by atoms with Crippen molar-refractivity contribution in [2.45, 2.75) is 106 Å². The van der Waals surface area contributed by atoms with E-state index >= 15 is 0 Å². The molecule has 4 heterocycles. The Kier molecular flexibility index (Phi) is 12.3. The highest BCUT2D eigenvalue weighted by Gasteiger charge is 2.49. The fourth-order valence-electron chi connectivity index (χ4n) is 7.67. The number of benzene rings is 1. The van der Waals surface area contributed by atoms with Crippen molar-refractivity contribution < 1.29 is 42.2 Å². The second kappa shape index (κ2) is 16.6. The first-order valence-electron chi connectivity index (χ1n) is 18.6. The van der Waals surface area contributed by atoms with Crippen molar-refractivity contribution in [1.29, 1.82) is 0 Å². The Morgan fingerprint density at radius 2 is 1.75 bits per heavy atom. The minimum Gasteiger partial charge on any atom is -0.384 e. The molecule has 17 nitrogen and oxygen atoms in total. The minimum atomic E-state index is -3.86. The Bertz CT molecular complexity index is 1930. The van der Waals surface area contributed by atoms with E-state index in [4.69, 9.17) is 10.5 Å². The number of nitrogens with zero attached hydrogens (tertiary/aromatic N) is 5. The zero-order chi connectivity index (χ0) is 39.5. The molecule has 3 aliphatic heterocycles. The van der Waals surface area contributed by atoms with Crippen LogP contribution in [-0.4, -0.2) is 117 Å². The van der Waals surface area contributed by atoms with Crippen molar-refractivity contribution in [1.82, 2.24) is 29.9 Å². The van der Waals surface area contributed by atoms with Gasteiger partial charge in [-0.15, -0.1) is 5.10 Å². The number of Topliss-reactive ketones (excluding diaryl/α,β-unsaturated/α-hetero) is 1. The highest BCUT2D eigenvalue weighted by Crippen LogP contribution is 2.35. The van der Waals surface area contributed by atoms with Crippen LogP contribution >= 0.6 is 11.8 Å². The van der Waals surface area contributed by atoms with Crippen LogP contribution in [0.1, 0.15) is 93.7 Å². The fourth-order valence-corrected chi connectivity index (χ4v) is 10.1. The number of primary amides is 1. The third-order valence-electron chi connectivity index (χ3n) is 10.8. The largest absolute Gasteiger partial charge is 0.384 e. The van der Waals surface area contributed by atoms with Crippen LogP contribution in [0.5, 0.6) is 0 Å². The first-order valence-corrected chi connectivity index (χ1v) is 21.2. The molecule has 0 bridgehead atoms. The molecule has 5 N–H and O–H groups in total. The summed E-state index contributed by atoms with van der Waals surface area (Å²) in [5, 5.41) is 21.9. The number of hydrogen-bond donors (Lipinski definition) is 4. The number of hydrogen-bond acceptors (Lipinski definition) is 12. The van der Waals surface area contributed by atoms with Gasteiger partial charge in [0.05, 0.1) is 42.1 Å². The van der Waals surface area contributed by atoms with Gasteiger partial charge in [-0.05, 0) is 74.8 Å². The maximum atomic E-state index is 14.8. The molecule has 0 unspecified atom stereocenters. The van der Waals surface area contributed by atoms with Crippen LogP contribution < -0.4 is 15.8 Å². The fraction of sp³-hybridized carbons (Fsp3) is 0.611. The number of sulfonamides is 1. The third kappa shape index (κ3) is 9.17.